The second-order valence-electron chi connectivity index (χ2n) is 10.6. The summed E-state index contributed by atoms with van der Waals surface area (Å²) in [6, 6.07) is 14.0. The Balaban J connectivity index is 1.30. The minimum atomic E-state index is -3.55. The number of H-pyrrole nitrogens is 1. The van der Waals surface area contributed by atoms with Gasteiger partial charge in [0.25, 0.3) is 0 Å². The van der Waals surface area contributed by atoms with Crippen LogP contribution in [0.25, 0.3) is 22.2 Å². The molecule has 0 aliphatic carbocycles. The highest BCUT2D eigenvalue weighted by atomic mass is 32.2. The number of pyridine rings is 1. The highest BCUT2D eigenvalue weighted by Gasteiger charge is 2.27. The second kappa shape index (κ2) is 10.1. The number of fused-ring (bicyclic) bond motifs is 2. The second-order valence-corrected chi connectivity index (χ2v) is 12.6. The van der Waals surface area contributed by atoms with Crippen molar-refractivity contribution in [2.45, 2.75) is 37.6 Å². The molecule has 0 atom stereocenters. The normalized spacial score (nSPS) is 16.8. The Morgan fingerprint density at radius 1 is 1.05 bits per heavy atom. The van der Waals surface area contributed by atoms with E-state index in [1.54, 1.807) is 23.6 Å². The van der Waals surface area contributed by atoms with Crippen LogP contribution < -0.4 is 10.2 Å². The van der Waals surface area contributed by atoms with E-state index in [0.29, 0.717) is 23.9 Å². The van der Waals surface area contributed by atoms with Crippen molar-refractivity contribution < 1.29 is 8.42 Å². The van der Waals surface area contributed by atoms with Crippen LogP contribution in [0.4, 0.5) is 5.69 Å². The molecule has 0 saturated carbocycles. The van der Waals surface area contributed by atoms with Gasteiger partial charge in [-0.3, -0.25) is 10.1 Å². The number of piperidine rings is 1. The molecule has 0 spiro atoms. The first-order valence-electron chi connectivity index (χ1n) is 13.3. The molecule has 2 N–H and O–H groups in total. The highest BCUT2D eigenvalue weighted by Crippen LogP contribution is 2.35. The van der Waals surface area contributed by atoms with Gasteiger partial charge in [0.05, 0.1) is 16.1 Å². The van der Waals surface area contributed by atoms with Crippen LogP contribution in [-0.4, -0.2) is 61.1 Å². The number of anilines is 1. The number of rotatable bonds is 6. The molecule has 2 aromatic carbocycles. The predicted octanol–water partition coefficient (Wildman–Crippen LogP) is 4.12. The first-order valence-corrected chi connectivity index (χ1v) is 14.8. The molecule has 0 radical (unpaired) electrons. The van der Waals surface area contributed by atoms with Crippen molar-refractivity contribution in [1.29, 1.82) is 0 Å². The maximum absolute atomic E-state index is 13.5. The largest absolute Gasteiger partial charge is 0.366 e. The summed E-state index contributed by atoms with van der Waals surface area (Å²) in [5.41, 5.74) is 7.53. The van der Waals surface area contributed by atoms with Crippen molar-refractivity contribution in [2.75, 3.05) is 38.1 Å². The zero-order valence-corrected chi connectivity index (χ0v) is 22.8. The third-order valence-electron chi connectivity index (χ3n) is 8.04. The van der Waals surface area contributed by atoms with E-state index >= 15 is 0 Å². The Morgan fingerprint density at radius 2 is 1.89 bits per heavy atom. The summed E-state index contributed by atoms with van der Waals surface area (Å²) >= 11 is 0. The summed E-state index contributed by atoms with van der Waals surface area (Å²) < 4.78 is 28.5. The Bertz CT molecular complexity index is 1560. The molecule has 198 valence electrons. The molecule has 1 saturated heterocycles. The lowest BCUT2D eigenvalue weighted by Crippen LogP contribution is -2.37. The summed E-state index contributed by atoms with van der Waals surface area (Å²) in [7, 11) is -1.84. The van der Waals surface area contributed by atoms with Crippen molar-refractivity contribution in [1.82, 2.24) is 24.8 Å². The molecular weight excluding hydrogens is 496 g/mol. The van der Waals surface area contributed by atoms with E-state index in [9.17, 15) is 8.42 Å². The Morgan fingerprint density at radius 3 is 2.68 bits per heavy atom. The van der Waals surface area contributed by atoms with Crippen LogP contribution in [0.3, 0.4) is 0 Å². The molecule has 2 aliphatic heterocycles. The molecular formula is C29H34N6O2S. The third-order valence-corrected chi connectivity index (χ3v) is 9.86. The van der Waals surface area contributed by atoms with Crippen molar-refractivity contribution in [2.24, 2.45) is 5.92 Å². The SMILES string of the molecule is Cc1cc(-c2ccn[nH]2)cc2c(N3CCc4ccc(S(=O)(=O)N(C)CC5CCNCC5)cc4C3)ccnc12. The van der Waals surface area contributed by atoms with Gasteiger partial charge in [0.15, 0.2) is 0 Å². The fourth-order valence-corrected chi connectivity index (χ4v) is 7.17. The summed E-state index contributed by atoms with van der Waals surface area (Å²) in [5, 5.41) is 11.6. The van der Waals surface area contributed by atoms with Crippen LogP contribution in [-0.2, 0) is 23.0 Å². The van der Waals surface area contributed by atoms with Gasteiger partial charge in [0, 0.05) is 55.7 Å². The fourth-order valence-electron chi connectivity index (χ4n) is 5.87. The lowest BCUT2D eigenvalue weighted by Gasteiger charge is -2.32. The van der Waals surface area contributed by atoms with E-state index in [0.717, 1.165) is 77.9 Å². The molecule has 4 aromatic rings. The fraction of sp³-hybridized carbons (Fsp3) is 0.379. The maximum Gasteiger partial charge on any atom is 0.242 e. The van der Waals surface area contributed by atoms with Gasteiger partial charge in [-0.05, 0) is 98.3 Å². The van der Waals surface area contributed by atoms with E-state index in [1.807, 2.05) is 24.4 Å². The van der Waals surface area contributed by atoms with E-state index < -0.39 is 10.0 Å². The Hall–Kier alpha value is -3.27. The smallest absolute Gasteiger partial charge is 0.242 e. The number of aromatic amines is 1. The van der Waals surface area contributed by atoms with E-state index in [1.165, 1.54) is 5.56 Å². The Labute approximate surface area is 224 Å². The number of aromatic nitrogens is 3. The van der Waals surface area contributed by atoms with Gasteiger partial charge in [-0.1, -0.05) is 6.07 Å². The number of aryl methyl sites for hydroxylation is 1. The number of hydrogen-bond acceptors (Lipinski definition) is 6. The van der Waals surface area contributed by atoms with Gasteiger partial charge < -0.3 is 10.2 Å². The van der Waals surface area contributed by atoms with Gasteiger partial charge >= 0.3 is 0 Å². The lowest BCUT2D eigenvalue weighted by molar-refractivity contribution is 0.311. The maximum atomic E-state index is 13.5. The highest BCUT2D eigenvalue weighted by molar-refractivity contribution is 7.89. The van der Waals surface area contributed by atoms with E-state index in [2.05, 4.69) is 50.5 Å². The summed E-state index contributed by atoms with van der Waals surface area (Å²) in [6.45, 7) is 6.08. The third kappa shape index (κ3) is 4.70. The number of nitrogens with one attached hydrogen (secondary N) is 2. The average Bonchev–Trinajstić information content (AvgIpc) is 3.48. The number of benzene rings is 2. The molecule has 38 heavy (non-hydrogen) atoms. The van der Waals surface area contributed by atoms with Gasteiger partial charge in [-0.2, -0.15) is 5.10 Å². The topological polar surface area (TPSA) is 94.2 Å². The minimum Gasteiger partial charge on any atom is -0.366 e. The van der Waals surface area contributed by atoms with Gasteiger partial charge in [0.1, 0.15) is 0 Å². The summed E-state index contributed by atoms with van der Waals surface area (Å²) in [6.07, 6.45) is 6.52. The van der Waals surface area contributed by atoms with E-state index in [-0.39, 0.29) is 0 Å². The predicted molar refractivity (Wildman–Crippen MR) is 151 cm³/mol. The van der Waals surface area contributed by atoms with Crippen LogP contribution in [0.1, 0.15) is 29.5 Å². The number of sulfonamides is 1. The lowest BCUT2D eigenvalue weighted by atomic mass is 9.98. The zero-order valence-electron chi connectivity index (χ0n) is 21.9. The molecule has 2 aromatic heterocycles. The van der Waals surface area contributed by atoms with Crippen LogP contribution >= 0.6 is 0 Å². The van der Waals surface area contributed by atoms with Crippen molar-refractivity contribution >= 4 is 26.6 Å². The average molecular weight is 531 g/mol. The Kier molecular flexibility index (Phi) is 6.67. The zero-order chi connectivity index (χ0) is 26.3. The molecule has 8 nitrogen and oxygen atoms in total. The molecule has 0 unspecified atom stereocenters. The van der Waals surface area contributed by atoms with Crippen molar-refractivity contribution in [3.05, 3.63) is 71.5 Å². The van der Waals surface area contributed by atoms with Gasteiger partial charge in [-0.25, -0.2) is 12.7 Å². The van der Waals surface area contributed by atoms with Gasteiger partial charge in [0.2, 0.25) is 10.0 Å². The van der Waals surface area contributed by atoms with Gasteiger partial charge in [-0.15, -0.1) is 0 Å². The first-order chi connectivity index (χ1) is 18.4. The quantitative estimate of drug-likeness (QED) is 0.390. The molecule has 9 heteroatoms. The van der Waals surface area contributed by atoms with Crippen LogP contribution in [0, 0.1) is 12.8 Å². The molecule has 2 aliphatic rings. The summed E-state index contributed by atoms with van der Waals surface area (Å²) in [5.74, 6) is 0.402. The monoisotopic (exact) mass is 530 g/mol. The van der Waals surface area contributed by atoms with Crippen molar-refractivity contribution in [3.8, 4) is 11.3 Å². The molecule has 6 rings (SSSR count). The first kappa shape index (κ1) is 25.0. The number of nitrogens with zero attached hydrogens (tertiary/aromatic N) is 4. The van der Waals surface area contributed by atoms with Crippen LogP contribution in [0.15, 0.2) is 59.8 Å². The van der Waals surface area contributed by atoms with E-state index in [4.69, 9.17) is 0 Å². The molecule has 0 bridgehead atoms. The molecule has 4 heterocycles. The molecule has 0 amide bonds. The standard InChI is InChI=1S/C29H34N6O2S/c1-20-15-23(27-7-13-32-33-27)17-26-28(8-12-31-29(20)26)35-14-9-22-3-4-25(16-24(22)19-35)38(36,37)34(2)18-21-5-10-30-11-6-21/h3-4,7-8,12-13,15-17,21,30H,5-6,9-11,14,18-19H2,1-2H3,(H,32,33). The van der Waals surface area contributed by atoms with Crippen molar-refractivity contribution in [3.63, 3.8) is 0 Å². The summed E-state index contributed by atoms with van der Waals surface area (Å²) in [4.78, 5) is 7.40. The minimum absolute atomic E-state index is 0.381. The number of hydrogen-bond donors (Lipinski definition) is 2. The molecule has 1 fully saturated rings. The van der Waals surface area contributed by atoms with Crippen LogP contribution in [0.2, 0.25) is 0 Å². The van der Waals surface area contributed by atoms with Crippen LogP contribution in [0.5, 0.6) is 0 Å².